The van der Waals surface area contributed by atoms with Gasteiger partial charge in [-0.3, -0.25) is 9.52 Å². The highest BCUT2D eigenvalue weighted by Crippen LogP contribution is 2.27. The summed E-state index contributed by atoms with van der Waals surface area (Å²) in [5.74, 6) is 0.605. The molecule has 0 fully saturated rings. The van der Waals surface area contributed by atoms with Crippen molar-refractivity contribution in [3.05, 3.63) is 78.4 Å². The normalized spacial score (nSPS) is 12.0. The van der Waals surface area contributed by atoms with Crippen LogP contribution in [0.5, 0.6) is 11.5 Å². The number of amides is 1. The fraction of sp³-hybridized carbons (Fsp3) is 0.174. The first-order valence-corrected chi connectivity index (χ1v) is 11.1. The van der Waals surface area contributed by atoms with Crippen LogP contribution in [-0.2, 0) is 14.8 Å². The lowest BCUT2D eigenvalue weighted by atomic mass is 10.2. The summed E-state index contributed by atoms with van der Waals surface area (Å²) in [5, 5.41) is 2.72. The van der Waals surface area contributed by atoms with Crippen LogP contribution in [0.4, 0.5) is 11.4 Å². The van der Waals surface area contributed by atoms with Crippen molar-refractivity contribution in [2.24, 2.45) is 0 Å². The van der Waals surface area contributed by atoms with Crippen molar-refractivity contribution in [2.45, 2.75) is 24.8 Å². The summed E-state index contributed by atoms with van der Waals surface area (Å²) in [7, 11) is -2.22. The van der Waals surface area contributed by atoms with Gasteiger partial charge < -0.3 is 14.8 Å². The third-order valence-electron chi connectivity index (χ3n) is 4.56. The molecule has 31 heavy (non-hydrogen) atoms. The molecule has 0 aliphatic carbocycles. The van der Waals surface area contributed by atoms with Gasteiger partial charge in [0.25, 0.3) is 15.9 Å². The molecule has 8 heteroatoms. The van der Waals surface area contributed by atoms with Gasteiger partial charge in [-0.15, -0.1) is 0 Å². The predicted octanol–water partition coefficient (Wildman–Crippen LogP) is 4.21. The van der Waals surface area contributed by atoms with Crippen LogP contribution in [0.25, 0.3) is 0 Å². The Morgan fingerprint density at radius 3 is 2.16 bits per heavy atom. The molecule has 0 saturated carbocycles. The van der Waals surface area contributed by atoms with Crippen LogP contribution >= 0.6 is 0 Å². The first-order valence-electron chi connectivity index (χ1n) is 9.59. The lowest BCUT2D eigenvalue weighted by molar-refractivity contribution is -0.122. The number of carbonyl (C=O) groups is 1. The monoisotopic (exact) mass is 440 g/mol. The maximum absolute atomic E-state index is 12.6. The smallest absolute Gasteiger partial charge is 0.265 e. The third kappa shape index (κ3) is 5.55. The quantitative estimate of drug-likeness (QED) is 0.547. The highest BCUT2D eigenvalue weighted by Gasteiger charge is 2.18. The average molecular weight is 441 g/mol. The van der Waals surface area contributed by atoms with E-state index in [9.17, 15) is 13.2 Å². The SMILES string of the molecule is COc1ccccc1O[C@H](C)C(=O)Nc1ccc(S(=O)(=O)Nc2ccccc2C)cc1. The van der Waals surface area contributed by atoms with E-state index in [0.717, 1.165) is 5.56 Å². The van der Waals surface area contributed by atoms with Crippen LogP contribution in [0.2, 0.25) is 0 Å². The molecule has 0 saturated heterocycles. The summed E-state index contributed by atoms with van der Waals surface area (Å²) in [4.78, 5) is 12.6. The van der Waals surface area contributed by atoms with Crippen molar-refractivity contribution in [3.8, 4) is 11.5 Å². The number of hydrogen-bond donors (Lipinski definition) is 2. The van der Waals surface area contributed by atoms with E-state index in [-0.39, 0.29) is 10.8 Å². The van der Waals surface area contributed by atoms with E-state index in [4.69, 9.17) is 9.47 Å². The number of aryl methyl sites for hydroxylation is 1. The highest BCUT2D eigenvalue weighted by atomic mass is 32.2. The Labute approximate surface area is 182 Å². The zero-order chi connectivity index (χ0) is 22.4. The highest BCUT2D eigenvalue weighted by molar-refractivity contribution is 7.92. The van der Waals surface area contributed by atoms with E-state index in [1.807, 2.05) is 19.1 Å². The number of carbonyl (C=O) groups excluding carboxylic acids is 1. The van der Waals surface area contributed by atoms with Crippen molar-refractivity contribution in [3.63, 3.8) is 0 Å². The van der Waals surface area contributed by atoms with E-state index in [2.05, 4.69) is 10.0 Å². The number of hydrogen-bond acceptors (Lipinski definition) is 5. The molecular formula is C23H24N2O5S. The largest absolute Gasteiger partial charge is 0.493 e. The van der Waals surface area contributed by atoms with Gasteiger partial charge in [0.2, 0.25) is 0 Å². The van der Waals surface area contributed by atoms with Crippen LogP contribution in [0, 0.1) is 6.92 Å². The molecule has 0 spiro atoms. The molecule has 7 nitrogen and oxygen atoms in total. The predicted molar refractivity (Wildman–Crippen MR) is 120 cm³/mol. The Morgan fingerprint density at radius 2 is 1.52 bits per heavy atom. The van der Waals surface area contributed by atoms with Crippen molar-refractivity contribution < 1.29 is 22.7 Å². The lowest BCUT2D eigenvalue weighted by Gasteiger charge is -2.17. The van der Waals surface area contributed by atoms with E-state index in [1.54, 1.807) is 43.3 Å². The van der Waals surface area contributed by atoms with E-state index in [0.29, 0.717) is 22.9 Å². The van der Waals surface area contributed by atoms with Gasteiger partial charge in [-0.1, -0.05) is 30.3 Å². The minimum Gasteiger partial charge on any atom is -0.493 e. The molecule has 1 amide bonds. The van der Waals surface area contributed by atoms with Crippen molar-refractivity contribution in [1.82, 2.24) is 0 Å². The molecule has 0 bridgehead atoms. The molecule has 0 heterocycles. The van der Waals surface area contributed by atoms with Crippen LogP contribution in [0.15, 0.2) is 77.7 Å². The van der Waals surface area contributed by atoms with Gasteiger partial charge in [0.1, 0.15) is 0 Å². The van der Waals surface area contributed by atoms with Crippen LogP contribution in [-0.4, -0.2) is 27.5 Å². The number of nitrogens with one attached hydrogen (secondary N) is 2. The number of ether oxygens (including phenoxy) is 2. The minimum absolute atomic E-state index is 0.0899. The van der Waals surface area contributed by atoms with Gasteiger partial charge in [-0.05, 0) is 61.9 Å². The molecule has 0 aromatic heterocycles. The molecule has 0 aliphatic heterocycles. The minimum atomic E-state index is -3.75. The Hall–Kier alpha value is -3.52. The number of methoxy groups -OCH3 is 1. The van der Waals surface area contributed by atoms with E-state index < -0.39 is 16.1 Å². The van der Waals surface area contributed by atoms with Crippen molar-refractivity contribution >= 4 is 27.3 Å². The standard InChI is InChI=1S/C23H24N2O5S/c1-16-8-4-5-9-20(16)25-31(27,28)19-14-12-18(13-15-19)24-23(26)17(2)30-22-11-7-6-10-21(22)29-3/h4-15,17,25H,1-3H3,(H,24,26)/t17-/m1/s1. The summed E-state index contributed by atoms with van der Waals surface area (Å²) >= 11 is 0. The maximum Gasteiger partial charge on any atom is 0.265 e. The fourth-order valence-electron chi connectivity index (χ4n) is 2.81. The molecule has 0 unspecified atom stereocenters. The number of sulfonamides is 1. The summed E-state index contributed by atoms with van der Waals surface area (Å²) in [6.45, 7) is 3.44. The fourth-order valence-corrected chi connectivity index (χ4v) is 3.94. The van der Waals surface area contributed by atoms with Gasteiger partial charge in [0.05, 0.1) is 17.7 Å². The summed E-state index contributed by atoms with van der Waals surface area (Å²) < 4.78 is 38.7. The van der Waals surface area contributed by atoms with Gasteiger partial charge in [-0.25, -0.2) is 8.42 Å². The topological polar surface area (TPSA) is 93.7 Å². The first-order chi connectivity index (χ1) is 14.8. The molecule has 2 N–H and O–H groups in total. The molecule has 3 aromatic carbocycles. The number of para-hydroxylation sites is 3. The molecule has 1 atom stereocenters. The Morgan fingerprint density at radius 1 is 0.903 bits per heavy atom. The molecule has 162 valence electrons. The van der Waals surface area contributed by atoms with Gasteiger partial charge in [0.15, 0.2) is 17.6 Å². The Balaban J connectivity index is 1.65. The molecular weight excluding hydrogens is 416 g/mol. The Bertz CT molecular complexity index is 1160. The van der Waals surface area contributed by atoms with E-state index in [1.165, 1.54) is 31.4 Å². The van der Waals surface area contributed by atoms with Crippen LogP contribution in [0.3, 0.4) is 0 Å². The molecule has 0 radical (unpaired) electrons. The maximum atomic E-state index is 12.6. The summed E-state index contributed by atoms with van der Waals surface area (Å²) in [6, 6.07) is 20.1. The van der Waals surface area contributed by atoms with Gasteiger partial charge >= 0.3 is 0 Å². The summed E-state index contributed by atoms with van der Waals surface area (Å²) in [5.41, 5.74) is 1.79. The zero-order valence-corrected chi connectivity index (χ0v) is 18.3. The second kappa shape index (κ2) is 9.53. The average Bonchev–Trinajstić information content (AvgIpc) is 2.76. The molecule has 3 aromatic rings. The van der Waals surface area contributed by atoms with Crippen molar-refractivity contribution in [2.75, 3.05) is 17.1 Å². The first kappa shape index (κ1) is 22.2. The lowest BCUT2D eigenvalue weighted by Crippen LogP contribution is -2.30. The van der Waals surface area contributed by atoms with Crippen LogP contribution in [0.1, 0.15) is 12.5 Å². The second-order valence-corrected chi connectivity index (χ2v) is 8.53. The van der Waals surface area contributed by atoms with Crippen molar-refractivity contribution in [1.29, 1.82) is 0 Å². The number of anilines is 2. The number of rotatable bonds is 8. The summed E-state index contributed by atoms with van der Waals surface area (Å²) in [6.07, 6.45) is -0.789. The molecule has 0 aliphatic rings. The number of benzene rings is 3. The third-order valence-corrected chi connectivity index (χ3v) is 5.94. The van der Waals surface area contributed by atoms with Gasteiger partial charge in [-0.2, -0.15) is 0 Å². The zero-order valence-electron chi connectivity index (χ0n) is 17.5. The van der Waals surface area contributed by atoms with E-state index >= 15 is 0 Å². The Kier molecular flexibility index (Phi) is 6.81. The second-order valence-electron chi connectivity index (χ2n) is 6.84. The molecule has 3 rings (SSSR count). The van der Waals surface area contributed by atoms with Crippen LogP contribution < -0.4 is 19.5 Å². The van der Waals surface area contributed by atoms with Gasteiger partial charge in [0, 0.05) is 5.69 Å².